The van der Waals surface area contributed by atoms with Crippen molar-refractivity contribution < 1.29 is 27.5 Å². The molecular formula is C40H72O6Si2. The fourth-order valence-electron chi connectivity index (χ4n) is 4.24. The van der Waals surface area contributed by atoms with Crippen LogP contribution in [0.3, 0.4) is 0 Å². The van der Waals surface area contributed by atoms with Crippen LogP contribution in [0.25, 0.3) is 0 Å². The maximum atomic E-state index is 11.7. The van der Waals surface area contributed by atoms with Crippen molar-refractivity contribution in [3.05, 3.63) is 59.7 Å². The number of carbonyl (C=O) groups excluding carboxylic acids is 1. The molecule has 48 heavy (non-hydrogen) atoms. The van der Waals surface area contributed by atoms with Gasteiger partial charge in [0.25, 0.3) is 0 Å². The maximum absolute atomic E-state index is 11.7. The Labute approximate surface area is 298 Å². The maximum Gasteiger partial charge on any atom is 0.334 e. The minimum absolute atomic E-state index is 0.0715. The Kier molecular flexibility index (Phi) is 21.1. The third-order valence-electron chi connectivity index (χ3n) is 9.91. The van der Waals surface area contributed by atoms with Crippen LogP contribution in [0.15, 0.2) is 48.5 Å². The van der Waals surface area contributed by atoms with Crippen LogP contribution >= 0.6 is 0 Å². The molecule has 2 rings (SSSR count). The Balaban J connectivity index is 0.000000691. The summed E-state index contributed by atoms with van der Waals surface area (Å²) in [5.74, 6) is 2.14. The molecule has 0 fully saturated rings. The van der Waals surface area contributed by atoms with Gasteiger partial charge in [0, 0.05) is 21.3 Å². The Bertz CT molecular complexity index is 1140. The lowest BCUT2D eigenvalue weighted by atomic mass is 9.91. The van der Waals surface area contributed by atoms with Gasteiger partial charge in [-0.15, -0.1) is 0 Å². The van der Waals surface area contributed by atoms with Gasteiger partial charge in [0.2, 0.25) is 8.32 Å². The molecule has 0 bridgehead atoms. The van der Waals surface area contributed by atoms with Gasteiger partial charge >= 0.3 is 14.5 Å². The zero-order valence-corrected chi connectivity index (χ0v) is 35.7. The van der Waals surface area contributed by atoms with Gasteiger partial charge in [0.15, 0.2) is 0 Å². The zero-order chi connectivity index (χ0) is 37.2. The molecule has 0 saturated carbocycles. The summed E-state index contributed by atoms with van der Waals surface area (Å²) < 4.78 is 27.5. The first-order valence-electron chi connectivity index (χ1n) is 18.0. The minimum Gasteiger partial charge on any atom is -0.488 e. The van der Waals surface area contributed by atoms with Gasteiger partial charge in [0.1, 0.15) is 11.4 Å². The van der Waals surface area contributed by atoms with Crippen LogP contribution in [-0.4, -0.2) is 56.4 Å². The highest BCUT2D eigenvalue weighted by Crippen LogP contribution is 2.25. The first-order chi connectivity index (χ1) is 22.3. The minimum atomic E-state index is -2.01. The molecule has 0 spiro atoms. The van der Waals surface area contributed by atoms with Gasteiger partial charge in [-0.05, 0) is 126 Å². The van der Waals surface area contributed by atoms with Gasteiger partial charge in [-0.25, -0.2) is 0 Å². The molecule has 0 radical (unpaired) electrons. The smallest absolute Gasteiger partial charge is 0.334 e. The SMILES string of the molecule is CCC(C)(C)C(=O)OCCC[Si](C)(OC)OC.CCC(C)c1ccc(OC(C)(C)CC)cc1.CCC(C)c1ccc([Si](C)(C)OC)cc1. The van der Waals surface area contributed by atoms with Crippen molar-refractivity contribution in [2.24, 2.45) is 5.41 Å². The second-order valence-electron chi connectivity index (χ2n) is 14.8. The van der Waals surface area contributed by atoms with E-state index in [4.69, 9.17) is 22.8 Å². The van der Waals surface area contributed by atoms with Crippen LogP contribution in [0.4, 0.5) is 0 Å². The molecule has 276 valence electrons. The van der Waals surface area contributed by atoms with Crippen molar-refractivity contribution in [3.8, 4) is 5.75 Å². The molecule has 0 amide bonds. The molecule has 0 aliphatic carbocycles. The van der Waals surface area contributed by atoms with Crippen LogP contribution in [0.1, 0.15) is 124 Å². The van der Waals surface area contributed by atoms with Crippen molar-refractivity contribution in [2.45, 2.75) is 144 Å². The average Bonchev–Trinajstić information content (AvgIpc) is 3.09. The quantitative estimate of drug-likeness (QED) is 0.0928. The highest BCUT2D eigenvalue weighted by Gasteiger charge is 2.30. The number of rotatable bonds is 17. The Morgan fingerprint density at radius 3 is 1.54 bits per heavy atom. The van der Waals surface area contributed by atoms with Crippen LogP contribution < -0.4 is 9.92 Å². The predicted molar refractivity (Wildman–Crippen MR) is 210 cm³/mol. The Morgan fingerprint density at radius 1 is 0.708 bits per heavy atom. The number of hydrogen-bond acceptors (Lipinski definition) is 6. The third-order valence-corrected chi connectivity index (χ3v) is 15.6. The van der Waals surface area contributed by atoms with Crippen molar-refractivity contribution >= 4 is 28.0 Å². The normalized spacial score (nSPS) is 13.3. The fourth-order valence-corrected chi connectivity index (χ4v) is 6.81. The lowest BCUT2D eigenvalue weighted by Crippen LogP contribution is -2.43. The summed E-state index contributed by atoms with van der Waals surface area (Å²) in [6.45, 7) is 28.1. The predicted octanol–water partition coefficient (Wildman–Crippen LogP) is 10.7. The third kappa shape index (κ3) is 16.6. The largest absolute Gasteiger partial charge is 0.488 e. The highest BCUT2D eigenvalue weighted by atomic mass is 28.4. The number of hydrogen-bond donors (Lipinski definition) is 0. The van der Waals surface area contributed by atoms with Crippen LogP contribution in [0.5, 0.6) is 5.75 Å². The number of carbonyl (C=O) groups is 1. The molecule has 0 saturated heterocycles. The first kappa shape index (κ1) is 46.0. The van der Waals surface area contributed by atoms with Crippen molar-refractivity contribution in [2.75, 3.05) is 27.9 Å². The molecule has 0 N–H and O–H groups in total. The molecule has 6 nitrogen and oxygen atoms in total. The standard InChI is InChI=1S/C15H24O.C13H22OSi.C12H26O4Si/c1-6-12(3)13-8-10-14(11-9-13)16-15(4,5)7-2;1-6-11(2)12-7-9-13(10-8-12)15(4,5)14-3;1-7-12(2,3)11(13)16-9-8-10-17(6,14-4)15-5/h8-12H,6-7H2,1-5H3;7-11H,6H2,1-5H3;7-10H2,1-6H3. The Morgan fingerprint density at radius 2 is 1.17 bits per heavy atom. The average molecular weight is 705 g/mol. The zero-order valence-electron chi connectivity index (χ0n) is 33.7. The highest BCUT2D eigenvalue weighted by molar-refractivity contribution is 6.84. The monoisotopic (exact) mass is 704 g/mol. The number of ether oxygens (including phenoxy) is 2. The van der Waals surface area contributed by atoms with E-state index in [9.17, 15) is 4.79 Å². The van der Waals surface area contributed by atoms with E-state index in [2.05, 4.69) is 110 Å². The molecule has 8 heteroatoms. The molecule has 2 aromatic rings. The van der Waals surface area contributed by atoms with Crippen molar-refractivity contribution in [1.29, 1.82) is 0 Å². The van der Waals surface area contributed by atoms with E-state index in [-0.39, 0.29) is 17.0 Å². The van der Waals surface area contributed by atoms with Gasteiger partial charge in [-0.2, -0.15) is 0 Å². The summed E-state index contributed by atoms with van der Waals surface area (Å²) in [6.07, 6.45) is 4.97. The molecule has 2 unspecified atom stereocenters. The van der Waals surface area contributed by atoms with E-state index in [1.807, 2.05) is 34.4 Å². The summed E-state index contributed by atoms with van der Waals surface area (Å²) >= 11 is 0. The molecule has 2 atom stereocenters. The van der Waals surface area contributed by atoms with E-state index in [1.165, 1.54) is 29.2 Å². The summed E-state index contributed by atoms with van der Waals surface area (Å²) in [5, 5.41) is 1.37. The molecule has 0 heterocycles. The lowest BCUT2D eigenvalue weighted by Gasteiger charge is -2.25. The second-order valence-corrected chi connectivity index (χ2v) is 22.3. The summed E-state index contributed by atoms with van der Waals surface area (Å²) in [4.78, 5) is 11.7. The topological polar surface area (TPSA) is 63.2 Å². The molecule has 2 aromatic carbocycles. The Hall–Kier alpha value is -1.98. The van der Waals surface area contributed by atoms with Gasteiger partial charge in [-0.1, -0.05) is 77.9 Å². The van der Waals surface area contributed by atoms with Gasteiger partial charge in [-0.3, -0.25) is 4.79 Å². The van der Waals surface area contributed by atoms with Crippen LogP contribution in [-0.2, 0) is 22.8 Å². The second kappa shape index (κ2) is 22.0. The van der Waals surface area contributed by atoms with E-state index < -0.39 is 16.9 Å². The number of esters is 1. The first-order valence-corrected chi connectivity index (χ1v) is 23.5. The van der Waals surface area contributed by atoms with Crippen LogP contribution in [0, 0.1) is 5.41 Å². The molecular weight excluding hydrogens is 633 g/mol. The number of benzene rings is 2. The van der Waals surface area contributed by atoms with Crippen molar-refractivity contribution in [3.63, 3.8) is 0 Å². The van der Waals surface area contributed by atoms with E-state index in [1.54, 1.807) is 14.2 Å². The molecule has 0 aromatic heterocycles. The van der Waals surface area contributed by atoms with E-state index in [0.717, 1.165) is 31.1 Å². The fraction of sp³-hybridized carbons (Fsp3) is 0.675. The molecule has 0 aliphatic rings. The van der Waals surface area contributed by atoms with Gasteiger partial charge < -0.3 is 22.8 Å². The van der Waals surface area contributed by atoms with Crippen LogP contribution in [0.2, 0.25) is 25.7 Å². The molecule has 0 aliphatic heterocycles. The summed E-state index contributed by atoms with van der Waals surface area (Å²) in [7, 11) is 1.52. The van der Waals surface area contributed by atoms with E-state index in [0.29, 0.717) is 18.4 Å². The van der Waals surface area contributed by atoms with E-state index >= 15 is 0 Å². The van der Waals surface area contributed by atoms with Crippen molar-refractivity contribution in [1.82, 2.24) is 0 Å². The lowest BCUT2D eigenvalue weighted by molar-refractivity contribution is -0.154. The van der Waals surface area contributed by atoms with Gasteiger partial charge in [0.05, 0.1) is 12.0 Å². The summed E-state index contributed by atoms with van der Waals surface area (Å²) in [5.41, 5.74) is 2.37. The summed E-state index contributed by atoms with van der Waals surface area (Å²) in [6, 6.07) is 18.3.